The van der Waals surface area contributed by atoms with Crippen LogP contribution in [-0.4, -0.2) is 44.8 Å². The molecule has 0 amide bonds. The number of rotatable bonds is 4. The van der Waals surface area contributed by atoms with Crippen LogP contribution in [0.2, 0.25) is 0 Å². The Balaban J connectivity index is 2.01. The fourth-order valence-corrected chi connectivity index (χ4v) is 2.25. The summed E-state index contributed by atoms with van der Waals surface area (Å²) in [6.07, 6.45) is 1.01. The maximum absolute atomic E-state index is 5.74. The predicted molar refractivity (Wildman–Crippen MR) is 67.1 cm³/mol. The van der Waals surface area contributed by atoms with E-state index in [0.717, 1.165) is 37.7 Å². The van der Waals surface area contributed by atoms with Crippen LogP contribution >= 0.6 is 0 Å². The normalized spacial score (nSPS) is 22.9. The van der Waals surface area contributed by atoms with Crippen molar-refractivity contribution in [2.45, 2.75) is 25.4 Å². The molecule has 4 nitrogen and oxygen atoms in total. The van der Waals surface area contributed by atoms with Crippen LogP contribution in [0, 0.1) is 6.92 Å². The highest BCUT2D eigenvalue weighted by Crippen LogP contribution is 2.25. The van der Waals surface area contributed by atoms with Crippen molar-refractivity contribution in [1.82, 2.24) is 10.2 Å². The van der Waals surface area contributed by atoms with Gasteiger partial charge in [-0.1, -0.05) is 0 Å². The standard InChI is InChI=1S/C13H22N2O2/c1-10-4-5-13(17-10)12(15(2)3)8-11-9-16-7-6-14-11/h4-5,11-12,14H,6-9H2,1-3H3. The summed E-state index contributed by atoms with van der Waals surface area (Å²) < 4.78 is 11.2. The Morgan fingerprint density at radius 3 is 2.82 bits per heavy atom. The number of morpholine rings is 1. The van der Waals surface area contributed by atoms with Gasteiger partial charge in [0.25, 0.3) is 0 Å². The van der Waals surface area contributed by atoms with Crippen molar-refractivity contribution < 1.29 is 9.15 Å². The first-order chi connectivity index (χ1) is 8.16. The van der Waals surface area contributed by atoms with Gasteiger partial charge in [0.15, 0.2) is 0 Å². The van der Waals surface area contributed by atoms with Crippen molar-refractivity contribution in [2.24, 2.45) is 0 Å². The van der Waals surface area contributed by atoms with E-state index >= 15 is 0 Å². The molecular formula is C13H22N2O2. The second-order valence-electron chi connectivity index (χ2n) is 4.89. The van der Waals surface area contributed by atoms with Gasteiger partial charge in [-0.15, -0.1) is 0 Å². The Bertz CT molecular complexity index is 343. The van der Waals surface area contributed by atoms with E-state index in [-0.39, 0.29) is 0 Å². The summed E-state index contributed by atoms with van der Waals surface area (Å²) in [5.41, 5.74) is 0. The summed E-state index contributed by atoms with van der Waals surface area (Å²) in [5.74, 6) is 2.01. The number of nitrogens with zero attached hydrogens (tertiary/aromatic N) is 1. The number of hydrogen-bond donors (Lipinski definition) is 1. The molecule has 1 aliphatic heterocycles. The van der Waals surface area contributed by atoms with Gasteiger partial charge in [-0.3, -0.25) is 4.90 Å². The highest BCUT2D eigenvalue weighted by atomic mass is 16.5. The molecule has 4 heteroatoms. The molecule has 1 aromatic heterocycles. The number of hydrogen-bond acceptors (Lipinski definition) is 4. The Morgan fingerprint density at radius 1 is 1.47 bits per heavy atom. The van der Waals surface area contributed by atoms with Crippen LogP contribution in [0.3, 0.4) is 0 Å². The molecular weight excluding hydrogens is 216 g/mol. The average molecular weight is 238 g/mol. The largest absolute Gasteiger partial charge is 0.465 e. The Morgan fingerprint density at radius 2 is 2.29 bits per heavy atom. The summed E-state index contributed by atoms with van der Waals surface area (Å²) in [6, 6.07) is 4.82. The minimum Gasteiger partial charge on any atom is -0.465 e. The van der Waals surface area contributed by atoms with Crippen LogP contribution in [0.4, 0.5) is 0 Å². The van der Waals surface area contributed by atoms with E-state index in [0.29, 0.717) is 12.1 Å². The first kappa shape index (κ1) is 12.6. The zero-order chi connectivity index (χ0) is 12.3. The van der Waals surface area contributed by atoms with Crippen LogP contribution < -0.4 is 5.32 Å². The molecule has 0 saturated carbocycles. The third-order valence-corrected chi connectivity index (χ3v) is 3.22. The summed E-state index contributed by atoms with van der Waals surface area (Å²) in [7, 11) is 4.18. The zero-order valence-corrected chi connectivity index (χ0v) is 10.9. The fraction of sp³-hybridized carbons (Fsp3) is 0.692. The van der Waals surface area contributed by atoms with Gasteiger partial charge < -0.3 is 14.5 Å². The fourth-order valence-electron chi connectivity index (χ4n) is 2.25. The molecule has 0 radical (unpaired) electrons. The number of nitrogens with one attached hydrogen (secondary N) is 1. The van der Waals surface area contributed by atoms with E-state index in [1.807, 2.05) is 13.0 Å². The highest BCUT2D eigenvalue weighted by Gasteiger charge is 2.23. The van der Waals surface area contributed by atoms with E-state index in [1.54, 1.807) is 0 Å². The van der Waals surface area contributed by atoms with Gasteiger partial charge in [-0.05, 0) is 39.6 Å². The topological polar surface area (TPSA) is 37.6 Å². The second-order valence-corrected chi connectivity index (χ2v) is 4.89. The summed E-state index contributed by atoms with van der Waals surface area (Å²) in [5, 5.41) is 3.49. The van der Waals surface area contributed by atoms with Gasteiger partial charge in [-0.25, -0.2) is 0 Å². The molecule has 1 fully saturated rings. The monoisotopic (exact) mass is 238 g/mol. The Labute approximate surface area is 103 Å². The molecule has 2 atom stereocenters. The van der Waals surface area contributed by atoms with Crippen molar-refractivity contribution >= 4 is 0 Å². The molecule has 2 unspecified atom stereocenters. The second kappa shape index (κ2) is 5.67. The van der Waals surface area contributed by atoms with Crippen molar-refractivity contribution in [3.63, 3.8) is 0 Å². The highest BCUT2D eigenvalue weighted by molar-refractivity contribution is 5.10. The van der Waals surface area contributed by atoms with E-state index in [2.05, 4.69) is 30.4 Å². The number of ether oxygens (including phenoxy) is 1. The van der Waals surface area contributed by atoms with Crippen LogP contribution in [0.15, 0.2) is 16.5 Å². The van der Waals surface area contributed by atoms with Crippen LogP contribution in [-0.2, 0) is 4.74 Å². The molecule has 0 aliphatic carbocycles. The van der Waals surface area contributed by atoms with Gasteiger partial charge >= 0.3 is 0 Å². The van der Waals surface area contributed by atoms with Gasteiger partial charge in [-0.2, -0.15) is 0 Å². The smallest absolute Gasteiger partial charge is 0.121 e. The molecule has 2 heterocycles. The number of aryl methyl sites for hydroxylation is 1. The van der Waals surface area contributed by atoms with Gasteiger partial charge in [0.05, 0.1) is 19.3 Å². The lowest BCUT2D eigenvalue weighted by molar-refractivity contribution is 0.0627. The van der Waals surface area contributed by atoms with E-state index in [1.165, 1.54) is 0 Å². The maximum Gasteiger partial charge on any atom is 0.121 e. The minimum atomic E-state index is 0.308. The van der Waals surface area contributed by atoms with Gasteiger partial charge in [0.1, 0.15) is 11.5 Å². The van der Waals surface area contributed by atoms with Crippen LogP contribution in [0.1, 0.15) is 24.0 Å². The predicted octanol–water partition coefficient (Wildman–Crippen LogP) is 1.57. The lowest BCUT2D eigenvalue weighted by Crippen LogP contribution is -2.43. The molecule has 17 heavy (non-hydrogen) atoms. The summed E-state index contributed by atoms with van der Waals surface area (Å²) in [6.45, 7) is 4.55. The van der Waals surface area contributed by atoms with Gasteiger partial charge in [0.2, 0.25) is 0 Å². The molecule has 96 valence electrons. The molecule has 0 bridgehead atoms. The molecule has 1 aromatic rings. The third kappa shape index (κ3) is 3.31. The van der Waals surface area contributed by atoms with Gasteiger partial charge in [0, 0.05) is 12.6 Å². The first-order valence-corrected chi connectivity index (χ1v) is 6.20. The molecule has 1 aliphatic rings. The van der Waals surface area contributed by atoms with Crippen molar-refractivity contribution in [2.75, 3.05) is 33.9 Å². The van der Waals surface area contributed by atoms with E-state index in [4.69, 9.17) is 9.15 Å². The van der Waals surface area contributed by atoms with E-state index in [9.17, 15) is 0 Å². The zero-order valence-electron chi connectivity index (χ0n) is 10.9. The van der Waals surface area contributed by atoms with Crippen molar-refractivity contribution in [1.29, 1.82) is 0 Å². The van der Waals surface area contributed by atoms with Crippen molar-refractivity contribution in [3.05, 3.63) is 23.7 Å². The SMILES string of the molecule is Cc1ccc(C(CC2COCCN2)N(C)C)o1. The molecule has 1 saturated heterocycles. The average Bonchev–Trinajstić information content (AvgIpc) is 2.73. The quantitative estimate of drug-likeness (QED) is 0.864. The van der Waals surface area contributed by atoms with Crippen LogP contribution in [0.5, 0.6) is 0 Å². The molecule has 0 aromatic carbocycles. The third-order valence-electron chi connectivity index (χ3n) is 3.22. The first-order valence-electron chi connectivity index (χ1n) is 6.20. The molecule has 0 spiro atoms. The van der Waals surface area contributed by atoms with Crippen molar-refractivity contribution in [3.8, 4) is 0 Å². The van der Waals surface area contributed by atoms with Crippen LogP contribution in [0.25, 0.3) is 0 Å². The summed E-state index contributed by atoms with van der Waals surface area (Å²) in [4.78, 5) is 2.20. The number of furan rings is 1. The van der Waals surface area contributed by atoms with E-state index < -0.39 is 0 Å². The maximum atomic E-state index is 5.74. The summed E-state index contributed by atoms with van der Waals surface area (Å²) >= 11 is 0. The lowest BCUT2D eigenvalue weighted by Gasteiger charge is -2.30. The lowest BCUT2D eigenvalue weighted by atomic mass is 10.0. The Kier molecular flexibility index (Phi) is 4.20. The Hall–Kier alpha value is -0.840. The minimum absolute atomic E-state index is 0.308. The molecule has 2 rings (SSSR count). The molecule has 1 N–H and O–H groups in total.